The van der Waals surface area contributed by atoms with Crippen molar-refractivity contribution in [1.29, 1.82) is 0 Å². The van der Waals surface area contributed by atoms with Crippen LogP contribution in [0.15, 0.2) is 18.2 Å². The van der Waals surface area contributed by atoms with Gasteiger partial charge in [-0.05, 0) is 36.6 Å². The zero-order valence-corrected chi connectivity index (χ0v) is 18.5. The summed E-state index contributed by atoms with van der Waals surface area (Å²) in [7, 11) is 3.05. The minimum atomic E-state index is -0.471. The van der Waals surface area contributed by atoms with E-state index in [0.29, 0.717) is 41.2 Å². The van der Waals surface area contributed by atoms with Crippen molar-refractivity contribution in [2.45, 2.75) is 20.8 Å². The maximum Gasteiger partial charge on any atom is 0.325 e. The van der Waals surface area contributed by atoms with E-state index in [1.54, 1.807) is 25.1 Å². The summed E-state index contributed by atoms with van der Waals surface area (Å²) < 4.78 is 21.0. The highest BCUT2D eigenvalue weighted by Crippen LogP contribution is 2.37. The molecule has 0 aliphatic heterocycles. The minimum Gasteiger partial charge on any atom is -0.493 e. The monoisotopic (exact) mass is 427 g/mol. The first kappa shape index (κ1) is 24.8. The van der Waals surface area contributed by atoms with Gasteiger partial charge in [0.1, 0.15) is 6.54 Å². The van der Waals surface area contributed by atoms with Crippen LogP contribution in [-0.2, 0) is 19.1 Å². The molecule has 7 nitrogen and oxygen atoms in total. The number of carbonyl (C=O) groups excluding carboxylic acids is 2. The fourth-order valence-electron chi connectivity index (χ4n) is 2.33. The number of halogens is 1. The highest BCUT2D eigenvalue weighted by molar-refractivity contribution is 6.32. The van der Waals surface area contributed by atoms with E-state index < -0.39 is 5.97 Å². The molecule has 1 aromatic rings. The Morgan fingerprint density at radius 1 is 1.24 bits per heavy atom. The van der Waals surface area contributed by atoms with E-state index in [-0.39, 0.29) is 25.6 Å². The molecule has 1 amide bonds. The van der Waals surface area contributed by atoms with Crippen molar-refractivity contribution >= 4 is 29.6 Å². The van der Waals surface area contributed by atoms with Crippen molar-refractivity contribution in [3.8, 4) is 11.5 Å². The Balaban J connectivity index is 2.96. The zero-order chi connectivity index (χ0) is 21.8. The van der Waals surface area contributed by atoms with E-state index >= 15 is 0 Å². The summed E-state index contributed by atoms with van der Waals surface area (Å²) >= 11 is 6.33. The lowest BCUT2D eigenvalue weighted by Crippen LogP contribution is -2.37. The number of rotatable bonds is 12. The molecule has 1 rings (SSSR count). The van der Waals surface area contributed by atoms with Gasteiger partial charge in [0, 0.05) is 19.7 Å². The molecule has 0 heterocycles. The first-order valence-corrected chi connectivity index (χ1v) is 9.82. The normalized spacial score (nSPS) is 11.0. The average molecular weight is 428 g/mol. The molecular formula is C21H30ClNO6. The number of carbonyl (C=O) groups is 2. The number of esters is 1. The molecular weight excluding hydrogens is 398 g/mol. The molecule has 8 heteroatoms. The number of hydrogen-bond acceptors (Lipinski definition) is 6. The van der Waals surface area contributed by atoms with Gasteiger partial charge in [0.05, 0.1) is 32.0 Å². The van der Waals surface area contributed by atoms with Crippen LogP contribution in [0.3, 0.4) is 0 Å². The predicted octanol–water partition coefficient (Wildman–Crippen LogP) is 3.43. The molecule has 0 unspecified atom stereocenters. The molecule has 0 N–H and O–H groups in total. The second kappa shape index (κ2) is 13.1. The predicted molar refractivity (Wildman–Crippen MR) is 112 cm³/mol. The van der Waals surface area contributed by atoms with Crippen molar-refractivity contribution < 1.29 is 28.5 Å². The molecule has 162 valence electrons. The molecule has 29 heavy (non-hydrogen) atoms. The van der Waals surface area contributed by atoms with E-state index in [1.165, 1.54) is 25.2 Å². The van der Waals surface area contributed by atoms with Crippen LogP contribution in [0.1, 0.15) is 26.3 Å². The van der Waals surface area contributed by atoms with Crippen LogP contribution in [-0.4, -0.2) is 63.9 Å². The van der Waals surface area contributed by atoms with Gasteiger partial charge in [-0.3, -0.25) is 9.59 Å². The van der Waals surface area contributed by atoms with E-state index in [0.717, 1.165) is 0 Å². The molecule has 1 aromatic carbocycles. The number of ether oxygens (including phenoxy) is 4. The van der Waals surface area contributed by atoms with Gasteiger partial charge >= 0.3 is 5.97 Å². The molecule has 0 saturated carbocycles. The van der Waals surface area contributed by atoms with Gasteiger partial charge in [-0.2, -0.15) is 0 Å². The average Bonchev–Trinajstić information content (AvgIpc) is 2.67. The summed E-state index contributed by atoms with van der Waals surface area (Å²) in [4.78, 5) is 25.6. The molecule has 0 fully saturated rings. The van der Waals surface area contributed by atoms with E-state index in [1.807, 2.05) is 13.8 Å². The molecule has 0 spiro atoms. The Morgan fingerprint density at radius 3 is 2.55 bits per heavy atom. The third-order valence-electron chi connectivity index (χ3n) is 3.73. The first-order valence-electron chi connectivity index (χ1n) is 9.44. The zero-order valence-electron chi connectivity index (χ0n) is 17.7. The second-order valence-electron chi connectivity index (χ2n) is 6.63. The SMILES string of the molecule is CCOC(=O)CN(CCOC)C(=O)/C=C/c1cc(Cl)c(OCC(C)C)c(OC)c1. The summed E-state index contributed by atoms with van der Waals surface area (Å²) in [5.74, 6) is 0.473. The number of nitrogens with zero attached hydrogens (tertiary/aromatic N) is 1. The summed E-state index contributed by atoms with van der Waals surface area (Å²) in [6, 6.07) is 3.42. The fourth-order valence-corrected chi connectivity index (χ4v) is 2.60. The summed E-state index contributed by atoms with van der Waals surface area (Å²) in [5, 5.41) is 0.389. The third kappa shape index (κ3) is 8.75. The van der Waals surface area contributed by atoms with Gasteiger partial charge < -0.3 is 23.8 Å². The highest BCUT2D eigenvalue weighted by Gasteiger charge is 2.16. The third-order valence-corrected chi connectivity index (χ3v) is 4.01. The molecule has 0 atom stereocenters. The van der Waals surface area contributed by atoms with Crippen LogP contribution in [0.4, 0.5) is 0 Å². The quantitative estimate of drug-likeness (QED) is 0.376. The van der Waals surface area contributed by atoms with Crippen LogP contribution in [0, 0.1) is 5.92 Å². The fraction of sp³-hybridized carbons (Fsp3) is 0.524. The van der Waals surface area contributed by atoms with Gasteiger partial charge in [0.15, 0.2) is 11.5 Å². The Kier molecular flexibility index (Phi) is 11.2. The Morgan fingerprint density at radius 2 is 1.97 bits per heavy atom. The molecule has 0 aliphatic rings. The van der Waals surface area contributed by atoms with Gasteiger partial charge in [0.2, 0.25) is 5.91 Å². The van der Waals surface area contributed by atoms with Crippen LogP contribution < -0.4 is 9.47 Å². The number of benzene rings is 1. The summed E-state index contributed by atoms with van der Waals surface area (Å²) in [6.07, 6.45) is 2.97. The van der Waals surface area contributed by atoms with Crippen LogP contribution in [0.5, 0.6) is 11.5 Å². The lowest BCUT2D eigenvalue weighted by Gasteiger charge is -2.19. The van der Waals surface area contributed by atoms with Gasteiger partial charge in [-0.1, -0.05) is 25.4 Å². The number of methoxy groups -OCH3 is 2. The van der Waals surface area contributed by atoms with Gasteiger partial charge in [-0.15, -0.1) is 0 Å². The van der Waals surface area contributed by atoms with Crippen LogP contribution in [0.2, 0.25) is 5.02 Å². The summed E-state index contributed by atoms with van der Waals surface area (Å²) in [6.45, 7) is 6.97. The lowest BCUT2D eigenvalue weighted by atomic mass is 10.1. The lowest BCUT2D eigenvalue weighted by molar-refractivity contribution is -0.148. The maximum absolute atomic E-state index is 12.5. The van der Waals surface area contributed by atoms with Crippen molar-refractivity contribution in [1.82, 2.24) is 4.90 Å². The molecule has 0 bridgehead atoms. The molecule has 0 aromatic heterocycles. The van der Waals surface area contributed by atoms with Crippen LogP contribution in [0.25, 0.3) is 6.08 Å². The Bertz CT molecular complexity index is 705. The number of hydrogen-bond donors (Lipinski definition) is 0. The number of amides is 1. The van der Waals surface area contributed by atoms with Crippen molar-refractivity contribution in [2.75, 3.05) is 47.1 Å². The maximum atomic E-state index is 12.5. The largest absolute Gasteiger partial charge is 0.493 e. The van der Waals surface area contributed by atoms with E-state index in [9.17, 15) is 9.59 Å². The Hall–Kier alpha value is -2.25. The van der Waals surface area contributed by atoms with Crippen LogP contribution >= 0.6 is 11.6 Å². The van der Waals surface area contributed by atoms with Crippen molar-refractivity contribution in [2.24, 2.45) is 5.92 Å². The van der Waals surface area contributed by atoms with Gasteiger partial charge in [-0.25, -0.2) is 0 Å². The molecule has 0 radical (unpaired) electrons. The highest BCUT2D eigenvalue weighted by atomic mass is 35.5. The first-order chi connectivity index (χ1) is 13.8. The topological polar surface area (TPSA) is 74.3 Å². The standard InChI is InChI=1S/C21H30ClNO6/c1-6-28-20(25)13-23(9-10-26-4)19(24)8-7-16-11-17(22)21(18(12-16)27-5)29-14-15(2)3/h7-8,11-12,15H,6,9-10,13-14H2,1-5H3/b8-7+. The Labute approximate surface area is 177 Å². The molecule has 0 saturated heterocycles. The van der Waals surface area contributed by atoms with Gasteiger partial charge in [0.25, 0.3) is 0 Å². The van der Waals surface area contributed by atoms with Crippen molar-refractivity contribution in [3.05, 3.63) is 28.8 Å². The second-order valence-corrected chi connectivity index (χ2v) is 7.04. The smallest absolute Gasteiger partial charge is 0.325 e. The van der Waals surface area contributed by atoms with Crippen molar-refractivity contribution in [3.63, 3.8) is 0 Å². The minimum absolute atomic E-state index is 0.146. The van der Waals surface area contributed by atoms with E-state index in [4.69, 9.17) is 30.5 Å². The van der Waals surface area contributed by atoms with E-state index in [2.05, 4.69) is 0 Å². The molecule has 0 aliphatic carbocycles. The summed E-state index contributed by atoms with van der Waals surface area (Å²) in [5.41, 5.74) is 0.667.